The lowest BCUT2D eigenvalue weighted by molar-refractivity contribution is 0.214. The first-order chi connectivity index (χ1) is 28.4. The van der Waals surface area contributed by atoms with Crippen molar-refractivity contribution >= 4 is 65.6 Å². The number of hydrogen-bond acceptors (Lipinski definition) is 4. The molecule has 0 N–H and O–H groups in total. The van der Waals surface area contributed by atoms with Gasteiger partial charge in [-0.3, -0.25) is 0 Å². The topological polar surface area (TPSA) is 79.8 Å². The molecular weight excluding hydrogens is 725 g/mol. The number of nitriles is 2. The van der Waals surface area contributed by atoms with Crippen LogP contribution in [0.4, 0.5) is 0 Å². The monoisotopic (exact) mass is 766 g/mol. The van der Waals surface area contributed by atoms with Crippen LogP contribution in [0, 0.1) is 22.7 Å². The standard InChI is InChI=1S/C53H42N4O2/c1-52(2,3)31-15-19-41-37(26-31)48-45(21-17-34-30-11-7-8-12-33(25-30)58-50(34)48)56(41)43-23-24-44(40(29-55)39(43)28-54)57-42-20-16-32(53(4,5)6)27-38(42)49-46(57)22-18-36-35-13-9-10-14-47(35)59-51(36)49/h7-24,26-27,30,33H,25H2,1-6H3. The molecule has 6 heteroatoms. The Balaban J connectivity index is 1.21. The zero-order valence-corrected chi connectivity index (χ0v) is 34.0. The van der Waals surface area contributed by atoms with E-state index in [1.54, 1.807) is 0 Å². The number of aromatic nitrogens is 2. The summed E-state index contributed by atoms with van der Waals surface area (Å²) in [6.45, 7) is 13.3. The summed E-state index contributed by atoms with van der Waals surface area (Å²) in [6.07, 6.45) is 9.47. The third-order valence-corrected chi connectivity index (χ3v) is 12.7. The first kappa shape index (κ1) is 35.2. The van der Waals surface area contributed by atoms with Crippen molar-refractivity contribution in [3.05, 3.63) is 149 Å². The Bertz CT molecular complexity index is 3450. The van der Waals surface area contributed by atoms with Gasteiger partial charge in [-0.15, -0.1) is 0 Å². The predicted molar refractivity (Wildman–Crippen MR) is 239 cm³/mol. The highest BCUT2D eigenvalue weighted by Crippen LogP contribution is 2.49. The number of hydrogen-bond donors (Lipinski definition) is 0. The molecule has 2 unspecified atom stereocenters. The fraction of sp³-hybridized carbons (Fsp3) is 0.208. The van der Waals surface area contributed by atoms with Crippen LogP contribution in [0.3, 0.4) is 0 Å². The zero-order valence-electron chi connectivity index (χ0n) is 34.0. The van der Waals surface area contributed by atoms with Crippen LogP contribution < -0.4 is 4.74 Å². The van der Waals surface area contributed by atoms with Gasteiger partial charge in [0.25, 0.3) is 0 Å². The molecule has 6 aromatic carbocycles. The number of allylic oxidation sites excluding steroid dienone is 3. The Morgan fingerprint density at radius 1 is 0.593 bits per heavy atom. The zero-order chi connectivity index (χ0) is 40.5. The molecule has 3 aromatic heterocycles. The minimum absolute atomic E-state index is 0.0389. The molecule has 0 fully saturated rings. The highest BCUT2D eigenvalue weighted by atomic mass is 16.5. The Morgan fingerprint density at radius 2 is 1.17 bits per heavy atom. The van der Waals surface area contributed by atoms with E-state index in [1.165, 1.54) is 16.7 Å². The van der Waals surface area contributed by atoms with Crippen molar-refractivity contribution in [2.45, 2.75) is 70.8 Å². The quantitative estimate of drug-likeness (QED) is 0.175. The maximum atomic E-state index is 11.2. The first-order valence-electron chi connectivity index (χ1n) is 20.4. The van der Waals surface area contributed by atoms with Crippen molar-refractivity contribution in [2.75, 3.05) is 0 Å². The van der Waals surface area contributed by atoms with Crippen molar-refractivity contribution < 1.29 is 9.15 Å². The van der Waals surface area contributed by atoms with Gasteiger partial charge in [0.1, 0.15) is 35.2 Å². The third kappa shape index (κ3) is 5.03. The Kier molecular flexibility index (Phi) is 7.30. The molecule has 2 atom stereocenters. The molecule has 9 aromatic rings. The van der Waals surface area contributed by atoms with Gasteiger partial charge in [0.05, 0.1) is 55.3 Å². The average Bonchev–Trinajstić information content (AvgIpc) is 3.83. The van der Waals surface area contributed by atoms with Crippen LogP contribution in [0.15, 0.2) is 126 Å². The lowest BCUT2D eigenvalue weighted by atomic mass is 9.85. The van der Waals surface area contributed by atoms with Gasteiger partial charge >= 0.3 is 0 Å². The summed E-state index contributed by atoms with van der Waals surface area (Å²) in [4.78, 5) is 0. The van der Waals surface area contributed by atoms with Crippen molar-refractivity contribution in [3.63, 3.8) is 0 Å². The summed E-state index contributed by atoms with van der Waals surface area (Å²) in [5.41, 5.74) is 10.7. The molecule has 1 aliphatic heterocycles. The lowest BCUT2D eigenvalue weighted by Gasteiger charge is -2.29. The second kappa shape index (κ2) is 12.2. The van der Waals surface area contributed by atoms with Crippen LogP contribution >= 0.6 is 0 Å². The van der Waals surface area contributed by atoms with E-state index in [-0.39, 0.29) is 22.9 Å². The van der Waals surface area contributed by atoms with Crippen molar-refractivity contribution in [1.82, 2.24) is 9.13 Å². The van der Waals surface area contributed by atoms with E-state index < -0.39 is 0 Å². The smallest absolute Gasteiger partial charge is 0.145 e. The number of ether oxygens (including phenoxy) is 1. The second-order valence-corrected chi connectivity index (χ2v) is 18.3. The maximum absolute atomic E-state index is 11.2. The van der Waals surface area contributed by atoms with Crippen molar-refractivity contribution in [2.24, 2.45) is 0 Å². The molecule has 59 heavy (non-hydrogen) atoms. The molecule has 0 amide bonds. The molecule has 286 valence electrons. The Labute approximate surface area is 342 Å². The van der Waals surface area contributed by atoms with E-state index >= 15 is 0 Å². The van der Waals surface area contributed by atoms with Crippen LogP contribution in [0.1, 0.15) is 81.7 Å². The minimum atomic E-state index is -0.0938. The molecule has 4 heterocycles. The van der Waals surface area contributed by atoms with Crippen LogP contribution in [-0.4, -0.2) is 15.2 Å². The van der Waals surface area contributed by atoms with E-state index in [9.17, 15) is 10.5 Å². The fourth-order valence-electron chi connectivity index (χ4n) is 9.70. The number of benzene rings is 6. The van der Waals surface area contributed by atoms with Gasteiger partial charge in [-0.05, 0) is 95.1 Å². The summed E-state index contributed by atoms with van der Waals surface area (Å²) in [5, 5.41) is 28.6. The fourth-order valence-corrected chi connectivity index (χ4v) is 9.70. The third-order valence-electron chi connectivity index (χ3n) is 12.7. The van der Waals surface area contributed by atoms with Crippen LogP contribution in [0.2, 0.25) is 0 Å². The summed E-state index contributed by atoms with van der Waals surface area (Å²) in [6, 6.07) is 39.0. The summed E-state index contributed by atoms with van der Waals surface area (Å²) in [7, 11) is 0. The molecule has 0 radical (unpaired) electrons. The number of nitrogens with zero attached hydrogens (tertiary/aromatic N) is 4. The summed E-state index contributed by atoms with van der Waals surface area (Å²) in [5.74, 6) is 1.13. The maximum Gasteiger partial charge on any atom is 0.145 e. The van der Waals surface area contributed by atoms with E-state index in [4.69, 9.17) is 9.15 Å². The average molecular weight is 767 g/mol. The van der Waals surface area contributed by atoms with Gasteiger partial charge in [-0.2, -0.15) is 10.5 Å². The Hall–Kier alpha value is -7.02. The highest BCUT2D eigenvalue weighted by molar-refractivity contribution is 6.24. The van der Waals surface area contributed by atoms with Crippen LogP contribution in [0.5, 0.6) is 5.75 Å². The first-order valence-corrected chi connectivity index (χ1v) is 20.4. The van der Waals surface area contributed by atoms with Gasteiger partial charge in [0.2, 0.25) is 0 Å². The van der Waals surface area contributed by atoms with Crippen LogP contribution in [0.25, 0.3) is 76.9 Å². The lowest BCUT2D eigenvalue weighted by Crippen LogP contribution is -2.22. The van der Waals surface area contributed by atoms with Crippen LogP contribution in [-0.2, 0) is 10.8 Å². The molecule has 0 saturated heterocycles. The van der Waals surface area contributed by atoms with Gasteiger partial charge in [-0.1, -0.05) is 96.2 Å². The van der Waals surface area contributed by atoms with Gasteiger partial charge < -0.3 is 18.3 Å². The largest absolute Gasteiger partial charge is 0.485 e. The molecule has 6 nitrogen and oxygen atoms in total. The van der Waals surface area contributed by atoms with Crippen molar-refractivity contribution in [1.29, 1.82) is 10.5 Å². The number of furan rings is 1. The molecule has 0 saturated carbocycles. The number of rotatable bonds is 2. The highest BCUT2D eigenvalue weighted by Gasteiger charge is 2.32. The predicted octanol–water partition coefficient (Wildman–Crippen LogP) is 13.5. The molecule has 0 spiro atoms. The van der Waals surface area contributed by atoms with E-state index in [1.807, 2.05) is 30.3 Å². The normalized spacial score (nSPS) is 16.5. The van der Waals surface area contributed by atoms with Gasteiger partial charge in [0.15, 0.2) is 0 Å². The summed E-state index contributed by atoms with van der Waals surface area (Å²) < 4.78 is 17.8. The molecule has 1 aliphatic carbocycles. The van der Waals surface area contributed by atoms with E-state index in [2.05, 4.69) is 154 Å². The molecule has 11 rings (SSSR count). The second-order valence-electron chi connectivity index (χ2n) is 18.3. The summed E-state index contributed by atoms with van der Waals surface area (Å²) >= 11 is 0. The Morgan fingerprint density at radius 3 is 1.81 bits per heavy atom. The minimum Gasteiger partial charge on any atom is -0.485 e. The molecule has 2 bridgehead atoms. The number of fused-ring (bicyclic) bond motifs is 15. The van der Waals surface area contributed by atoms with E-state index in [0.29, 0.717) is 22.5 Å². The van der Waals surface area contributed by atoms with Gasteiger partial charge in [0, 0.05) is 33.0 Å². The van der Waals surface area contributed by atoms with E-state index in [0.717, 1.165) is 77.7 Å². The van der Waals surface area contributed by atoms with Gasteiger partial charge in [-0.25, -0.2) is 0 Å². The molecule has 2 aliphatic rings. The van der Waals surface area contributed by atoms with Crippen molar-refractivity contribution in [3.8, 4) is 29.3 Å². The number of para-hydroxylation sites is 1. The molecular formula is C53H42N4O2. The SMILES string of the molecule is CC(C)(C)c1ccc2c(c1)c1c3c(ccc1n2-c1ccc(-n2c4ccc(C(C)(C)C)cc4c4c5oc6ccccc6c5ccc42)c(C#N)c1C#N)C1C=CC=CC(C1)O3.